The van der Waals surface area contributed by atoms with Gasteiger partial charge in [0.1, 0.15) is 5.82 Å². The zero-order valence-electron chi connectivity index (χ0n) is 15.1. The molecule has 0 saturated heterocycles. The van der Waals surface area contributed by atoms with E-state index in [0.717, 1.165) is 16.9 Å². The third-order valence-electron chi connectivity index (χ3n) is 4.38. The average molecular weight is 528 g/mol. The van der Waals surface area contributed by atoms with Gasteiger partial charge in [-0.3, -0.25) is 14.1 Å². The average Bonchev–Trinajstić information content (AvgIpc) is 3.00. The van der Waals surface area contributed by atoms with Crippen LogP contribution in [-0.4, -0.2) is 13.0 Å². The number of sulfonamides is 1. The molecule has 0 aliphatic heterocycles. The summed E-state index contributed by atoms with van der Waals surface area (Å²) >= 11 is 9.98. The van der Waals surface area contributed by atoms with E-state index in [4.69, 9.17) is 11.6 Å². The van der Waals surface area contributed by atoms with Gasteiger partial charge >= 0.3 is 4.87 Å². The number of thiazole rings is 1. The minimum Gasteiger partial charge on any atom is -0.294 e. The van der Waals surface area contributed by atoms with Crippen molar-refractivity contribution in [3.8, 4) is 0 Å². The van der Waals surface area contributed by atoms with Gasteiger partial charge < -0.3 is 0 Å². The van der Waals surface area contributed by atoms with E-state index < -0.39 is 15.8 Å². The summed E-state index contributed by atoms with van der Waals surface area (Å²) in [6.45, 7) is 0.338. The molecule has 0 saturated carbocycles. The van der Waals surface area contributed by atoms with Crippen LogP contribution in [0.4, 0.5) is 10.1 Å². The van der Waals surface area contributed by atoms with Crippen LogP contribution in [0.15, 0.2) is 74.8 Å². The molecule has 1 heterocycles. The van der Waals surface area contributed by atoms with Crippen molar-refractivity contribution in [2.24, 2.45) is 0 Å². The smallest absolute Gasteiger partial charge is 0.294 e. The molecule has 1 N–H and O–H groups in total. The molecule has 0 atom stereocenters. The van der Waals surface area contributed by atoms with Crippen molar-refractivity contribution in [3.63, 3.8) is 0 Å². The topological polar surface area (TPSA) is 68.2 Å². The Hall–Kier alpha value is -2.20. The van der Waals surface area contributed by atoms with Gasteiger partial charge in [-0.25, -0.2) is 12.8 Å². The maximum absolute atomic E-state index is 14.0. The van der Waals surface area contributed by atoms with Crippen molar-refractivity contribution >= 4 is 64.8 Å². The number of halogens is 3. The Kier molecular flexibility index (Phi) is 5.71. The molecule has 0 aliphatic carbocycles. The molecule has 0 unspecified atom stereocenters. The Morgan fingerprint density at radius 1 is 1.07 bits per heavy atom. The lowest BCUT2D eigenvalue weighted by molar-refractivity contribution is 0.598. The molecule has 0 spiro atoms. The SMILES string of the molecule is O=c1sc2cc(S(=O)(=O)Nc3ccc(Br)cc3F)ccc2n1Cc1ccc(Cl)cc1. The standard InChI is InChI=1S/C20H13BrClFN2O3S2/c21-13-3-7-17(16(23)9-13)24-30(27,28)15-6-8-18-19(10-15)29-20(26)25(18)11-12-1-4-14(22)5-2-12/h1-10,24H,11H2. The molecule has 0 aliphatic rings. The van der Waals surface area contributed by atoms with Gasteiger partial charge in [-0.15, -0.1) is 0 Å². The summed E-state index contributed by atoms with van der Waals surface area (Å²) in [6.07, 6.45) is 0. The van der Waals surface area contributed by atoms with Crippen LogP contribution in [0.2, 0.25) is 5.02 Å². The van der Waals surface area contributed by atoms with Gasteiger partial charge in [-0.05, 0) is 54.1 Å². The highest BCUT2D eigenvalue weighted by Crippen LogP contribution is 2.26. The Bertz CT molecular complexity index is 1420. The fourth-order valence-corrected chi connectivity index (χ4v) is 5.47. The lowest BCUT2D eigenvalue weighted by Crippen LogP contribution is -2.14. The van der Waals surface area contributed by atoms with Crippen LogP contribution in [0.5, 0.6) is 0 Å². The zero-order chi connectivity index (χ0) is 21.5. The molecule has 154 valence electrons. The summed E-state index contributed by atoms with van der Waals surface area (Å²) in [5.74, 6) is -0.701. The van der Waals surface area contributed by atoms with Crippen LogP contribution in [0.1, 0.15) is 5.56 Å². The fraction of sp³-hybridized carbons (Fsp3) is 0.0500. The Balaban J connectivity index is 1.68. The van der Waals surface area contributed by atoms with Gasteiger partial charge in [0.15, 0.2) is 0 Å². The maximum Gasteiger partial charge on any atom is 0.308 e. The molecule has 10 heteroatoms. The van der Waals surface area contributed by atoms with Crippen LogP contribution in [-0.2, 0) is 16.6 Å². The minimum absolute atomic E-state index is 0.0581. The first kappa shape index (κ1) is 21.0. The molecule has 0 amide bonds. The first-order chi connectivity index (χ1) is 14.2. The number of nitrogens with one attached hydrogen (secondary N) is 1. The summed E-state index contributed by atoms with van der Waals surface area (Å²) in [5.41, 5.74) is 1.35. The second-order valence-corrected chi connectivity index (χ2v) is 10.5. The maximum atomic E-state index is 14.0. The van der Waals surface area contributed by atoms with E-state index in [-0.39, 0.29) is 15.5 Å². The Morgan fingerprint density at radius 2 is 1.80 bits per heavy atom. The molecule has 5 nitrogen and oxygen atoms in total. The highest BCUT2D eigenvalue weighted by molar-refractivity contribution is 9.10. The van der Waals surface area contributed by atoms with Crippen molar-refractivity contribution in [2.45, 2.75) is 11.4 Å². The molecule has 0 fully saturated rings. The van der Waals surface area contributed by atoms with E-state index in [1.54, 1.807) is 22.8 Å². The zero-order valence-corrected chi connectivity index (χ0v) is 19.1. The summed E-state index contributed by atoms with van der Waals surface area (Å²) in [5, 5.41) is 0.603. The number of benzene rings is 3. The van der Waals surface area contributed by atoms with E-state index in [0.29, 0.717) is 26.3 Å². The minimum atomic E-state index is -4.03. The number of nitrogens with zero attached hydrogens (tertiary/aromatic N) is 1. The molecular weight excluding hydrogens is 515 g/mol. The summed E-state index contributed by atoms with van der Waals surface area (Å²) in [6, 6.07) is 15.6. The van der Waals surface area contributed by atoms with Gasteiger partial charge in [0, 0.05) is 9.50 Å². The van der Waals surface area contributed by atoms with E-state index in [9.17, 15) is 17.6 Å². The molecule has 1 aromatic heterocycles. The second-order valence-electron chi connectivity index (χ2n) is 6.44. The number of aromatic nitrogens is 1. The first-order valence-corrected chi connectivity index (χ1v) is 12.1. The second kappa shape index (κ2) is 8.14. The predicted molar refractivity (Wildman–Crippen MR) is 122 cm³/mol. The van der Waals surface area contributed by atoms with Crippen molar-refractivity contribution < 1.29 is 12.8 Å². The third-order valence-corrected chi connectivity index (χ3v) is 7.43. The highest BCUT2D eigenvalue weighted by atomic mass is 79.9. The highest BCUT2D eigenvalue weighted by Gasteiger charge is 2.19. The van der Waals surface area contributed by atoms with Crippen LogP contribution >= 0.6 is 38.9 Å². The number of rotatable bonds is 5. The van der Waals surface area contributed by atoms with E-state index in [2.05, 4.69) is 20.7 Å². The molecule has 4 aromatic rings. The van der Waals surface area contributed by atoms with E-state index >= 15 is 0 Å². The third kappa shape index (κ3) is 4.29. The van der Waals surface area contributed by atoms with Crippen molar-refractivity contribution in [2.75, 3.05) is 4.72 Å². The van der Waals surface area contributed by atoms with Crippen LogP contribution in [0.25, 0.3) is 10.2 Å². The molecular formula is C20H13BrClFN2O3S2. The lowest BCUT2D eigenvalue weighted by Gasteiger charge is -2.10. The van der Waals surface area contributed by atoms with Crippen molar-refractivity contribution in [3.05, 3.63) is 91.2 Å². The number of hydrogen-bond donors (Lipinski definition) is 1. The molecule has 0 bridgehead atoms. The number of anilines is 1. The lowest BCUT2D eigenvalue weighted by atomic mass is 10.2. The fourth-order valence-electron chi connectivity index (χ4n) is 2.91. The van der Waals surface area contributed by atoms with Gasteiger partial charge in [-0.2, -0.15) is 0 Å². The van der Waals surface area contributed by atoms with Crippen LogP contribution in [0.3, 0.4) is 0 Å². The van der Waals surface area contributed by atoms with Gasteiger partial charge in [0.2, 0.25) is 0 Å². The van der Waals surface area contributed by atoms with Crippen LogP contribution < -0.4 is 9.60 Å². The monoisotopic (exact) mass is 526 g/mol. The first-order valence-electron chi connectivity index (χ1n) is 8.59. The van der Waals surface area contributed by atoms with Crippen molar-refractivity contribution in [1.82, 2.24) is 4.57 Å². The van der Waals surface area contributed by atoms with E-state index in [1.165, 1.54) is 30.3 Å². The van der Waals surface area contributed by atoms with Gasteiger partial charge in [-0.1, -0.05) is 51.0 Å². The number of hydrogen-bond acceptors (Lipinski definition) is 4. The number of fused-ring (bicyclic) bond motifs is 1. The molecule has 4 rings (SSSR count). The van der Waals surface area contributed by atoms with Gasteiger partial charge in [0.25, 0.3) is 10.0 Å². The van der Waals surface area contributed by atoms with Crippen LogP contribution in [0, 0.1) is 5.82 Å². The molecule has 30 heavy (non-hydrogen) atoms. The summed E-state index contributed by atoms with van der Waals surface area (Å²) in [7, 11) is -4.03. The Morgan fingerprint density at radius 3 is 2.50 bits per heavy atom. The summed E-state index contributed by atoms with van der Waals surface area (Å²) in [4.78, 5) is 12.2. The van der Waals surface area contributed by atoms with Crippen molar-refractivity contribution in [1.29, 1.82) is 0 Å². The molecule has 3 aromatic carbocycles. The molecule has 0 radical (unpaired) electrons. The Labute approximate surface area is 188 Å². The predicted octanol–water partition coefficient (Wildman–Crippen LogP) is 5.47. The summed E-state index contributed by atoms with van der Waals surface area (Å²) < 4.78 is 44.3. The van der Waals surface area contributed by atoms with E-state index in [1.807, 2.05) is 12.1 Å². The largest absolute Gasteiger partial charge is 0.308 e. The van der Waals surface area contributed by atoms with Gasteiger partial charge in [0.05, 0.1) is 27.3 Å². The normalized spacial score (nSPS) is 11.7. The quantitative estimate of drug-likeness (QED) is 0.374.